The molecular formula is C4H8NO2S-. The minimum Gasteiger partial charge on any atom is -0.772 e. The molecule has 4 heteroatoms. The van der Waals surface area contributed by atoms with E-state index >= 15 is 0 Å². The first-order chi connectivity index (χ1) is 3.79. The van der Waals surface area contributed by atoms with Crippen molar-refractivity contribution in [3.8, 4) is 0 Å². The fraction of sp³-hybridized carbons (Fsp3) is 1.00. The molecule has 1 aliphatic heterocycles. The molecule has 3 nitrogen and oxygen atoms in total. The third kappa shape index (κ3) is 1.54. The summed E-state index contributed by atoms with van der Waals surface area (Å²) in [4.78, 5) is 0. The van der Waals surface area contributed by atoms with E-state index in [4.69, 9.17) is 0 Å². The quantitative estimate of drug-likeness (QED) is 0.497. The van der Waals surface area contributed by atoms with E-state index < -0.39 is 11.1 Å². The van der Waals surface area contributed by atoms with Crippen LogP contribution in [0.2, 0.25) is 0 Å². The van der Waals surface area contributed by atoms with Crippen molar-refractivity contribution in [3.63, 3.8) is 0 Å². The Morgan fingerprint density at radius 1 is 1.75 bits per heavy atom. The SMILES string of the molecule is O=S([O-])CC1CNC1. The summed E-state index contributed by atoms with van der Waals surface area (Å²) < 4.78 is 19.9. The minimum atomic E-state index is -1.83. The Labute approximate surface area is 50.8 Å². The maximum atomic E-state index is 9.97. The molecule has 48 valence electrons. The van der Waals surface area contributed by atoms with Crippen molar-refractivity contribution in [2.75, 3.05) is 18.8 Å². The number of rotatable bonds is 2. The maximum absolute atomic E-state index is 9.97. The van der Waals surface area contributed by atoms with Gasteiger partial charge in [0.2, 0.25) is 0 Å². The zero-order valence-corrected chi connectivity index (χ0v) is 5.24. The van der Waals surface area contributed by atoms with Gasteiger partial charge in [-0.1, -0.05) is 11.1 Å². The summed E-state index contributed by atoms with van der Waals surface area (Å²) in [5.41, 5.74) is 0. The molecule has 1 N–H and O–H groups in total. The second-order valence-corrected chi connectivity index (χ2v) is 2.94. The molecule has 8 heavy (non-hydrogen) atoms. The molecule has 0 spiro atoms. The van der Waals surface area contributed by atoms with Crippen molar-refractivity contribution in [1.29, 1.82) is 0 Å². The normalized spacial score (nSPS) is 24.6. The molecule has 0 aromatic heterocycles. The fourth-order valence-corrected chi connectivity index (χ4v) is 1.28. The van der Waals surface area contributed by atoms with Crippen LogP contribution >= 0.6 is 0 Å². The highest BCUT2D eigenvalue weighted by Crippen LogP contribution is 2.02. The molecule has 1 aliphatic rings. The first kappa shape index (κ1) is 6.19. The van der Waals surface area contributed by atoms with Gasteiger partial charge in [0.25, 0.3) is 0 Å². The van der Waals surface area contributed by atoms with Gasteiger partial charge in [0.05, 0.1) is 0 Å². The van der Waals surface area contributed by atoms with Gasteiger partial charge in [-0.3, -0.25) is 4.21 Å². The van der Waals surface area contributed by atoms with Crippen LogP contribution in [0.4, 0.5) is 0 Å². The summed E-state index contributed by atoms with van der Waals surface area (Å²) in [6, 6.07) is 0. The summed E-state index contributed by atoms with van der Waals surface area (Å²) in [7, 11) is 0. The third-order valence-electron chi connectivity index (χ3n) is 1.24. The van der Waals surface area contributed by atoms with Gasteiger partial charge >= 0.3 is 0 Å². The molecule has 1 heterocycles. The van der Waals surface area contributed by atoms with E-state index in [1.54, 1.807) is 0 Å². The van der Waals surface area contributed by atoms with Crippen LogP contribution in [0.5, 0.6) is 0 Å². The molecule has 1 rings (SSSR count). The standard InChI is InChI=1S/C4H9NO2S/c6-8(7)3-4-1-5-2-4/h4-5H,1-3H2,(H,6,7)/p-1. The smallest absolute Gasteiger partial charge is 0.0154 e. The molecule has 0 bridgehead atoms. The Balaban J connectivity index is 2.09. The lowest BCUT2D eigenvalue weighted by Crippen LogP contribution is -2.44. The fourth-order valence-electron chi connectivity index (χ4n) is 0.659. The van der Waals surface area contributed by atoms with Crippen LogP contribution < -0.4 is 5.32 Å². The second-order valence-electron chi connectivity index (χ2n) is 1.99. The molecule has 0 saturated carbocycles. The Kier molecular flexibility index (Phi) is 1.99. The van der Waals surface area contributed by atoms with E-state index in [-0.39, 0.29) is 0 Å². The van der Waals surface area contributed by atoms with E-state index in [0.717, 1.165) is 13.1 Å². The summed E-state index contributed by atoms with van der Waals surface area (Å²) in [5.74, 6) is 0.709. The van der Waals surface area contributed by atoms with Gasteiger partial charge in [-0.15, -0.1) is 0 Å². The van der Waals surface area contributed by atoms with Gasteiger partial charge in [-0.25, -0.2) is 0 Å². The summed E-state index contributed by atoms with van der Waals surface area (Å²) in [6.45, 7) is 1.74. The molecule has 0 aromatic rings. The maximum Gasteiger partial charge on any atom is 0.0154 e. The topological polar surface area (TPSA) is 52.2 Å². The first-order valence-corrected chi connectivity index (χ1v) is 3.80. The predicted molar refractivity (Wildman–Crippen MR) is 30.1 cm³/mol. The van der Waals surface area contributed by atoms with Crippen molar-refractivity contribution in [2.45, 2.75) is 0 Å². The number of nitrogens with one attached hydrogen (secondary N) is 1. The van der Waals surface area contributed by atoms with Gasteiger partial charge in [0.15, 0.2) is 0 Å². The monoisotopic (exact) mass is 134 g/mol. The zero-order chi connectivity index (χ0) is 5.98. The first-order valence-electron chi connectivity index (χ1n) is 2.55. The molecule has 1 saturated heterocycles. The highest BCUT2D eigenvalue weighted by molar-refractivity contribution is 7.79. The lowest BCUT2D eigenvalue weighted by Gasteiger charge is -2.27. The van der Waals surface area contributed by atoms with Gasteiger partial charge in [0, 0.05) is 18.8 Å². The van der Waals surface area contributed by atoms with Gasteiger partial charge in [-0.05, 0) is 5.92 Å². The lowest BCUT2D eigenvalue weighted by atomic mass is 10.1. The van der Waals surface area contributed by atoms with Crippen LogP contribution in [0.25, 0.3) is 0 Å². The number of hydrogen-bond donors (Lipinski definition) is 1. The van der Waals surface area contributed by atoms with Crippen LogP contribution in [0.3, 0.4) is 0 Å². The number of hydrogen-bond acceptors (Lipinski definition) is 3. The van der Waals surface area contributed by atoms with Gasteiger partial charge < -0.3 is 9.87 Å². The van der Waals surface area contributed by atoms with E-state index in [9.17, 15) is 8.76 Å². The highest BCUT2D eigenvalue weighted by atomic mass is 32.2. The molecule has 0 radical (unpaired) electrons. The van der Waals surface area contributed by atoms with Crippen LogP contribution in [0.1, 0.15) is 0 Å². The lowest BCUT2D eigenvalue weighted by molar-refractivity contribution is 0.375. The van der Waals surface area contributed by atoms with Crippen LogP contribution in [0.15, 0.2) is 0 Å². The van der Waals surface area contributed by atoms with E-state index in [0.29, 0.717) is 11.7 Å². The average molecular weight is 134 g/mol. The zero-order valence-electron chi connectivity index (χ0n) is 4.42. The van der Waals surface area contributed by atoms with Crippen molar-refractivity contribution in [1.82, 2.24) is 5.32 Å². The highest BCUT2D eigenvalue weighted by Gasteiger charge is 2.15. The summed E-state index contributed by atoms with van der Waals surface area (Å²) in [5, 5.41) is 2.99. The van der Waals surface area contributed by atoms with E-state index in [2.05, 4.69) is 5.32 Å². The van der Waals surface area contributed by atoms with Crippen LogP contribution in [-0.4, -0.2) is 27.6 Å². The van der Waals surface area contributed by atoms with Crippen molar-refractivity contribution < 1.29 is 8.76 Å². The Hall–Kier alpha value is 0.0700. The minimum absolute atomic E-state index is 0.326. The molecule has 0 amide bonds. The average Bonchev–Trinajstić information content (AvgIpc) is 1.55. The van der Waals surface area contributed by atoms with Gasteiger partial charge in [-0.2, -0.15) is 0 Å². The second kappa shape index (κ2) is 2.57. The summed E-state index contributed by atoms with van der Waals surface area (Å²) in [6.07, 6.45) is 0. The molecule has 1 atom stereocenters. The molecule has 1 unspecified atom stereocenters. The van der Waals surface area contributed by atoms with Crippen molar-refractivity contribution in [2.24, 2.45) is 5.92 Å². The Morgan fingerprint density at radius 2 is 2.38 bits per heavy atom. The van der Waals surface area contributed by atoms with E-state index in [1.165, 1.54) is 0 Å². The van der Waals surface area contributed by atoms with Gasteiger partial charge in [0.1, 0.15) is 0 Å². The van der Waals surface area contributed by atoms with E-state index in [1.807, 2.05) is 0 Å². The molecular weight excluding hydrogens is 126 g/mol. The van der Waals surface area contributed by atoms with Crippen LogP contribution in [-0.2, 0) is 11.1 Å². The Bertz CT molecular complexity index is 102. The Morgan fingerprint density at radius 3 is 2.50 bits per heavy atom. The molecule has 0 aromatic carbocycles. The molecule has 1 fully saturated rings. The third-order valence-corrected chi connectivity index (χ3v) is 1.98. The summed E-state index contributed by atoms with van der Waals surface area (Å²) >= 11 is -1.83. The van der Waals surface area contributed by atoms with Crippen molar-refractivity contribution in [3.05, 3.63) is 0 Å². The predicted octanol–water partition coefficient (Wildman–Crippen LogP) is -0.915. The van der Waals surface area contributed by atoms with Crippen molar-refractivity contribution >= 4 is 11.1 Å². The molecule has 0 aliphatic carbocycles. The largest absolute Gasteiger partial charge is 0.772 e. The van der Waals surface area contributed by atoms with Crippen LogP contribution in [0, 0.1) is 5.92 Å².